The zero-order chi connectivity index (χ0) is 25.4. The summed E-state index contributed by atoms with van der Waals surface area (Å²) in [6.45, 7) is 0. The summed E-state index contributed by atoms with van der Waals surface area (Å²) >= 11 is 0. The Bertz CT molecular complexity index is 1240. The molecule has 0 aliphatic rings. The molecule has 3 rings (SSSR count). The Morgan fingerprint density at radius 2 is 1.43 bits per heavy atom. The van der Waals surface area contributed by atoms with E-state index in [1.807, 2.05) is 36.4 Å². The van der Waals surface area contributed by atoms with Gasteiger partial charge in [-0.25, -0.2) is 0 Å². The average molecular weight is 478 g/mol. The fraction of sp³-hybridized carbons (Fsp3) is 0.148. The second-order valence-corrected chi connectivity index (χ2v) is 7.29. The predicted molar refractivity (Wildman–Crippen MR) is 135 cm³/mol. The van der Waals surface area contributed by atoms with Gasteiger partial charge >= 0.3 is 0 Å². The molecule has 8 nitrogen and oxygen atoms in total. The molecule has 0 atom stereocenters. The lowest BCUT2D eigenvalue weighted by atomic mass is 10.1. The second kappa shape index (κ2) is 11.5. The summed E-state index contributed by atoms with van der Waals surface area (Å²) in [5, 5.41) is 21.9. The molecular weight excluding hydrogens is 450 g/mol. The van der Waals surface area contributed by atoms with Crippen LogP contribution in [0.4, 0.5) is 5.69 Å². The predicted octanol–water partition coefficient (Wildman–Crippen LogP) is 4.95. The molecule has 0 bridgehead atoms. The summed E-state index contributed by atoms with van der Waals surface area (Å²) in [7, 11) is 6.16. The van der Waals surface area contributed by atoms with Crippen LogP contribution in [0.5, 0.6) is 34.5 Å². The molecule has 3 aromatic rings. The van der Waals surface area contributed by atoms with Crippen molar-refractivity contribution in [3.05, 3.63) is 71.3 Å². The Labute approximate surface area is 203 Å². The molecular formula is C27H27NO7. The van der Waals surface area contributed by atoms with Gasteiger partial charge in [-0.05, 0) is 47.5 Å². The number of carbonyl (C=O) groups is 1. The maximum Gasteiger partial charge on any atom is 0.248 e. The van der Waals surface area contributed by atoms with Gasteiger partial charge in [0.05, 0.1) is 34.1 Å². The highest BCUT2D eigenvalue weighted by atomic mass is 16.5. The van der Waals surface area contributed by atoms with Crippen molar-refractivity contribution in [2.45, 2.75) is 0 Å². The van der Waals surface area contributed by atoms with Gasteiger partial charge in [-0.15, -0.1) is 0 Å². The molecule has 3 aromatic carbocycles. The Balaban J connectivity index is 1.88. The monoisotopic (exact) mass is 477 g/mol. The van der Waals surface area contributed by atoms with E-state index in [1.54, 1.807) is 33.5 Å². The summed E-state index contributed by atoms with van der Waals surface area (Å²) in [5.41, 5.74) is 2.55. The Morgan fingerprint density at radius 1 is 0.743 bits per heavy atom. The molecule has 35 heavy (non-hydrogen) atoms. The third kappa shape index (κ3) is 6.05. The van der Waals surface area contributed by atoms with Gasteiger partial charge < -0.3 is 34.5 Å². The van der Waals surface area contributed by atoms with Gasteiger partial charge in [-0.2, -0.15) is 0 Å². The largest absolute Gasteiger partial charge is 0.504 e. The van der Waals surface area contributed by atoms with Crippen molar-refractivity contribution in [1.82, 2.24) is 0 Å². The lowest BCUT2D eigenvalue weighted by molar-refractivity contribution is -0.111. The number of anilines is 1. The van der Waals surface area contributed by atoms with E-state index < -0.39 is 5.91 Å². The molecule has 182 valence electrons. The lowest BCUT2D eigenvalue weighted by Gasteiger charge is -2.13. The number of carbonyl (C=O) groups excluding carboxylic acids is 1. The number of aromatic hydroxyl groups is 2. The molecule has 0 aliphatic heterocycles. The van der Waals surface area contributed by atoms with E-state index in [0.29, 0.717) is 39.8 Å². The first-order chi connectivity index (χ1) is 16.9. The number of ether oxygens (including phenoxy) is 4. The second-order valence-electron chi connectivity index (χ2n) is 7.29. The fourth-order valence-electron chi connectivity index (χ4n) is 3.36. The van der Waals surface area contributed by atoms with Crippen molar-refractivity contribution in [2.24, 2.45) is 0 Å². The highest BCUT2D eigenvalue weighted by Gasteiger charge is 2.13. The van der Waals surface area contributed by atoms with Gasteiger partial charge in [0.2, 0.25) is 11.7 Å². The Hall–Kier alpha value is -4.59. The van der Waals surface area contributed by atoms with E-state index in [2.05, 4.69) is 5.32 Å². The Kier molecular flexibility index (Phi) is 8.24. The smallest absolute Gasteiger partial charge is 0.248 e. The molecule has 0 fully saturated rings. The Morgan fingerprint density at radius 3 is 2.03 bits per heavy atom. The van der Waals surface area contributed by atoms with Crippen LogP contribution >= 0.6 is 0 Å². The zero-order valence-corrected chi connectivity index (χ0v) is 19.9. The molecule has 0 heterocycles. The van der Waals surface area contributed by atoms with E-state index in [-0.39, 0.29) is 11.5 Å². The number of rotatable bonds is 9. The fourth-order valence-corrected chi connectivity index (χ4v) is 3.36. The number of methoxy groups -OCH3 is 4. The highest BCUT2D eigenvalue weighted by molar-refractivity contribution is 6.04. The number of benzene rings is 3. The highest BCUT2D eigenvalue weighted by Crippen LogP contribution is 2.39. The molecule has 0 radical (unpaired) electrons. The minimum atomic E-state index is -0.399. The van der Waals surface area contributed by atoms with Crippen molar-refractivity contribution in [1.29, 1.82) is 0 Å². The summed E-state index contributed by atoms with van der Waals surface area (Å²) in [4.78, 5) is 12.6. The summed E-state index contributed by atoms with van der Waals surface area (Å²) < 4.78 is 21.6. The number of hydrogen-bond acceptors (Lipinski definition) is 7. The van der Waals surface area contributed by atoms with Crippen molar-refractivity contribution in [2.75, 3.05) is 33.8 Å². The van der Waals surface area contributed by atoms with Crippen molar-refractivity contribution < 1.29 is 34.0 Å². The number of nitrogens with one attached hydrogen (secondary N) is 1. The average Bonchev–Trinajstić information content (AvgIpc) is 2.87. The van der Waals surface area contributed by atoms with Gasteiger partial charge in [0.1, 0.15) is 5.75 Å². The SMILES string of the molecule is COc1cccc(C=Cc2cc(OC)c(OC)c(OC)c2)c1NC(=O)/C=C/c1ccc(O)c(O)c1. The molecule has 0 saturated carbocycles. The maximum absolute atomic E-state index is 12.6. The molecule has 0 saturated heterocycles. The molecule has 0 unspecified atom stereocenters. The van der Waals surface area contributed by atoms with Crippen LogP contribution in [0.25, 0.3) is 18.2 Å². The minimum absolute atomic E-state index is 0.232. The number of para-hydroxylation sites is 1. The van der Waals surface area contributed by atoms with E-state index in [4.69, 9.17) is 18.9 Å². The number of phenols is 2. The van der Waals surface area contributed by atoms with Crippen LogP contribution in [0, 0.1) is 0 Å². The van der Waals surface area contributed by atoms with Gasteiger partial charge in [0, 0.05) is 11.6 Å². The number of amides is 1. The van der Waals surface area contributed by atoms with Crippen LogP contribution < -0.4 is 24.3 Å². The maximum atomic E-state index is 12.6. The number of phenolic OH excluding ortho intramolecular Hbond substituents is 2. The van der Waals surface area contributed by atoms with Crippen LogP contribution in [0.3, 0.4) is 0 Å². The lowest BCUT2D eigenvalue weighted by Crippen LogP contribution is -2.10. The van der Waals surface area contributed by atoms with E-state index in [0.717, 1.165) is 5.56 Å². The summed E-state index contributed by atoms with van der Waals surface area (Å²) in [5.74, 6) is 1.13. The van der Waals surface area contributed by atoms with Crippen LogP contribution in [0.1, 0.15) is 16.7 Å². The first-order valence-corrected chi connectivity index (χ1v) is 10.6. The molecule has 0 spiro atoms. The zero-order valence-electron chi connectivity index (χ0n) is 19.9. The third-order valence-electron chi connectivity index (χ3n) is 5.10. The molecule has 1 amide bonds. The topological polar surface area (TPSA) is 106 Å². The molecule has 8 heteroatoms. The van der Waals surface area contributed by atoms with Crippen molar-refractivity contribution >= 4 is 29.8 Å². The minimum Gasteiger partial charge on any atom is -0.504 e. The van der Waals surface area contributed by atoms with Crippen LogP contribution in [0.2, 0.25) is 0 Å². The van der Waals surface area contributed by atoms with Gasteiger partial charge in [-0.3, -0.25) is 4.79 Å². The van der Waals surface area contributed by atoms with Crippen LogP contribution in [-0.2, 0) is 4.79 Å². The first kappa shape index (κ1) is 25.0. The standard InChI is InChI=1S/C27H27NO7/c1-32-22-7-5-6-19(11-8-18-15-23(33-2)27(35-4)24(16-18)34-3)26(22)28-25(31)13-10-17-9-12-20(29)21(30)14-17/h5-16,29-30H,1-4H3,(H,28,31)/b11-8?,13-10+. The molecule has 3 N–H and O–H groups in total. The van der Waals surface area contributed by atoms with Crippen LogP contribution in [-0.4, -0.2) is 44.6 Å². The normalized spacial score (nSPS) is 11.0. The van der Waals surface area contributed by atoms with E-state index in [1.165, 1.54) is 31.4 Å². The van der Waals surface area contributed by atoms with Crippen LogP contribution in [0.15, 0.2) is 54.6 Å². The van der Waals surface area contributed by atoms with E-state index >= 15 is 0 Å². The van der Waals surface area contributed by atoms with Gasteiger partial charge in [0.25, 0.3) is 0 Å². The van der Waals surface area contributed by atoms with E-state index in [9.17, 15) is 15.0 Å². The molecule has 0 aromatic heterocycles. The van der Waals surface area contributed by atoms with Crippen molar-refractivity contribution in [3.8, 4) is 34.5 Å². The first-order valence-electron chi connectivity index (χ1n) is 10.6. The van der Waals surface area contributed by atoms with Gasteiger partial charge in [-0.1, -0.05) is 30.4 Å². The van der Waals surface area contributed by atoms with Gasteiger partial charge in [0.15, 0.2) is 23.0 Å². The van der Waals surface area contributed by atoms with Crippen molar-refractivity contribution in [3.63, 3.8) is 0 Å². The number of hydrogen-bond donors (Lipinski definition) is 3. The molecule has 0 aliphatic carbocycles. The summed E-state index contributed by atoms with van der Waals surface area (Å²) in [6, 6.07) is 13.3. The summed E-state index contributed by atoms with van der Waals surface area (Å²) in [6.07, 6.45) is 6.53. The third-order valence-corrected chi connectivity index (χ3v) is 5.10. The quantitative estimate of drug-likeness (QED) is 0.227.